The van der Waals surface area contributed by atoms with E-state index < -0.39 is 10.0 Å². The van der Waals surface area contributed by atoms with Crippen molar-refractivity contribution in [3.05, 3.63) is 48.0 Å². The number of amides is 2. The number of benzene rings is 2. The maximum Gasteiger partial charge on any atom is 0.240 e. The summed E-state index contributed by atoms with van der Waals surface area (Å²) in [5.41, 5.74) is 2.26. The zero-order chi connectivity index (χ0) is 21.0. The number of rotatable bonds is 7. The molecule has 0 aliphatic carbocycles. The lowest BCUT2D eigenvalue weighted by molar-refractivity contribution is -0.117. The van der Waals surface area contributed by atoms with E-state index in [9.17, 15) is 18.0 Å². The fourth-order valence-corrected chi connectivity index (χ4v) is 4.72. The average Bonchev–Trinajstić information content (AvgIpc) is 3.11. The van der Waals surface area contributed by atoms with Crippen LogP contribution < -0.4 is 14.9 Å². The highest BCUT2D eigenvalue weighted by atomic mass is 32.2. The normalized spacial score (nSPS) is 13.2. The molecule has 0 unspecified atom stereocenters. The van der Waals surface area contributed by atoms with Crippen molar-refractivity contribution in [1.29, 1.82) is 0 Å². The smallest absolute Gasteiger partial charge is 0.240 e. The van der Waals surface area contributed by atoms with Gasteiger partial charge in [0.2, 0.25) is 21.8 Å². The molecule has 2 aromatic rings. The van der Waals surface area contributed by atoms with Crippen LogP contribution in [0.2, 0.25) is 0 Å². The lowest BCUT2D eigenvalue weighted by Crippen LogP contribution is -2.28. The third kappa shape index (κ3) is 5.17. The number of hydrogen-bond acceptors (Lipinski definition) is 5. The Bertz CT molecular complexity index is 1040. The van der Waals surface area contributed by atoms with Gasteiger partial charge in [0, 0.05) is 42.7 Å². The molecule has 0 saturated heterocycles. The van der Waals surface area contributed by atoms with Gasteiger partial charge in [0.1, 0.15) is 0 Å². The first-order valence-corrected chi connectivity index (χ1v) is 11.9. The Morgan fingerprint density at radius 1 is 1.17 bits per heavy atom. The van der Waals surface area contributed by atoms with Gasteiger partial charge in [0.05, 0.1) is 4.90 Å². The Morgan fingerprint density at radius 3 is 2.69 bits per heavy atom. The molecule has 2 amide bonds. The lowest BCUT2D eigenvalue weighted by atomic mass is 10.2. The molecule has 1 aliphatic heterocycles. The molecule has 2 N–H and O–H groups in total. The molecule has 0 saturated carbocycles. The summed E-state index contributed by atoms with van der Waals surface area (Å²) in [4.78, 5) is 26.5. The van der Waals surface area contributed by atoms with Gasteiger partial charge in [-0.15, -0.1) is 11.8 Å². The zero-order valence-corrected chi connectivity index (χ0v) is 17.9. The van der Waals surface area contributed by atoms with Gasteiger partial charge in [-0.3, -0.25) is 9.59 Å². The Hall–Kier alpha value is -2.36. The first-order valence-electron chi connectivity index (χ1n) is 9.15. The highest BCUT2D eigenvalue weighted by Crippen LogP contribution is 2.30. The second-order valence-corrected chi connectivity index (χ2v) is 9.29. The van der Waals surface area contributed by atoms with Crippen LogP contribution in [0.5, 0.6) is 0 Å². The van der Waals surface area contributed by atoms with E-state index in [1.54, 1.807) is 34.9 Å². The quantitative estimate of drug-likeness (QED) is 0.655. The standard InChI is InChI=1S/C20H23N3O4S2/c1-14(24)23-11-9-15-12-18(6-7-19(15)23)29(26,27)21-10-8-20(25)22-16-4-3-5-17(13-16)28-2/h3-7,12-13,21H,8-11H2,1-2H3,(H,22,25). The molecule has 0 radical (unpaired) electrons. The fraction of sp³-hybridized carbons (Fsp3) is 0.300. The third-order valence-corrected chi connectivity index (χ3v) is 6.82. The van der Waals surface area contributed by atoms with E-state index in [2.05, 4.69) is 10.0 Å². The number of nitrogens with zero attached hydrogens (tertiary/aromatic N) is 1. The van der Waals surface area contributed by atoms with E-state index in [1.165, 1.54) is 13.0 Å². The minimum atomic E-state index is -3.74. The molecule has 2 aromatic carbocycles. The molecule has 154 valence electrons. The first-order chi connectivity index (χ1) is 13.8. The molecule has 9 heteroatoms. The van der Waals surface area contributed by atoms with E-state index in [1.807, 2.05) is 24.5 Å². The van der Waals surface area contributed by atoms with Crippen LogP contribution in [-0.2, 0) is 26.0 Å². The van der Waals surface area contributed by atoms with Crippen LogP contribution in [0, 0.1) is 0 Å². The van der Waals surface area contributed by atoms with Crippen molar-refractivity contribution in [2.45, 2.75) is 29.6 Å². The number of sulfonamides is 1. The highest BCUT2D eigenvalue weighted by Gasteiger charge is 2.24. The van der Waals surface area contributed by atoms with Crippen molar-refractivity contribution in [1.82, 2.24) is 4.72 Å². The third-order valence-electron chi connectivity index (χ3n) is 4.63. The van der Waals surface area contributed by atoms with Crippen molar-refractivity contribution in [3.63, 3.8) is 0 Å². The molecule has 0 spiro atoms. The second kappa shape index (κ2) is 8.98. The van der Waals surface area contributed by atoms with Crippen molar-refractivity contribution in [2.24, 2.45) is 0 Å². The van der Waals surface area contributed by atoms with E-state index in [0.717, 1.165) is 16.1 Å². The van der Waals surface area contributed by atoms with E-state index >= 15 is 0 Å². The van der Waals surface area contributed by atoms with Crippen LogP contribution in [0.1, 0.15) is 18.9 Å². The number of carbonyl (C=O) groups is 2. The van der Waals surface area contributed by atoms with Crippen LogP contribution in [0.15, 0.2) is 52.3 Å². The number of fused-ring (bicyclic) bond motifs is 1. The van der Waals surface area contributed by atoms with Crippen molar-refractivity contribution in [3.8, 4) is 0 Å². The Morgan fingerprint density at radius 2 is 1.97 bits per heavy atom. The molecule has 0 fully saturated rings. The van der Waals surface area contributed by atoms with Crippen molar-refractivity contribution in [2.75, 3.05) is 29.6 Å². The van der Waals surface area contributed by atoms with E-state index in [0.29, 0.717) is 18.7 Å². The Kier molecular flexibility index (Phi) is 6.61. The Balaban J connectivity index is 1.57. The number of nitrogens with one attached hydrogen (secondary N) is 2. The van der Waals surface area contributed by atoms with Gasteiger partial charge in [-0.1, -0.05) is 6.07 Å². The lowest BCUT2D eigenvalue weighted by Gasteiger charge is -2.15. The summed E-state index contributed by atoms with van der Waals surface area (Å²) in [7, 11) is -3.74. The summed E-state index contributed by atoms with van der Waals surface area (Å²) in [6.07, 6.45) is 2.59. The minimum Gasteiger partial charge on any atom is -0.326 e. The molecule has 0 aromatic heterocycles. The second-order valence-electron chi connectivity index (χ2n) is 6.64. The van der Waals surface area contributed by atoms with Gasteiger partial charge in [-0.25, -0.2) is 13.1 Å². The van der Waals surface area contributed by atoms with Crippen LogP contribution in [0.25, 0.3) is 0 Å². The Labute approximate surface area is 174 Å². The van der Waals surface area contributed by atoms with Gasteiger partial charge in [0.25, 0.3) is 0 Å². The van der Waals surface area contributed by atoms with Crippen LogP contribution in [-0.4, -0.2) is 39.6 Å². The molecular weight excluding hydrogens is 410 g/mol. The maximum absolute atomic E-state index is 12.5. The first kappa shape index (κ1) is 21.4. The maximum atomic E-state index is 12.5. The molecule has 1 heterocycles. The average molecular weight is 434 g/mol. The number of anilines is 2. The van der Waals surface area contributed by atoms with E-state index in [-0.39, 0.29) is 29.7 Å². The molecule has 7 nitrogen and oxygen atoms in total. The largest absolute Gasteiger partial charge is 0.326 e. The molecule has 0 atom stereocenters. The SMILES string of the molecule is CSc1cccc(NC(=O)CCNS(=O)(=O)c2ccc3c(c2)CCN3C(C)=O)c1. The summed E-state index contributed by atoms with van der Waals surface area (Å²) in [6, 6.07) is 12.2. The number of carbonyl (C=O) groups excluding carboxylic acids is 2. The summed E-state index contributed by atoms with van der Waals surface area (Å²) in [5.74, 6) is -0.330. The van der Waals surface area contributed by atoms with Gasteiger partial charge in [0.15, 0.2) is 0 Å². The van der Waals surface area contributed by atoms with E-state index in [4.69, 9.17) is 0 Å². The highest BCUT2D eigenvalue weighted by molar-refractivity contribution is 7.98. The fourth-order valence-electron chi connectivity index (χ4n) is 3.18. The molecular formula is C20H23N3O4S2. The van der Waals surface area contributed by atoms with Crippen LogP contribution in [0.4, 0.5) is 11.4 Å². The molecule has 29 heavy (non-hydrogen) atoms. The summed E-state index contributed by atoms with van der Waals surface area (Å²) >= 11 is 1.57. The van der Waals surface area contributed by atoms with Crippen molar-refractivity contribution >= 4 is 45.0 Å². The monoisotopic (exact) mass is 433 g/mol. The topological polar surface area (TPSA) is 95.6 Å². The predicted octanol–water partition coefficient (Wildman–Crippen LogP) is 2.62. The molecule has 1 aliphatic rings. The number of thioether (sulfide) groups is 1. The number of hydrogen-bond donors (Lipinski definition) is 2. The zero-order valence-electron chi connectivity index (χ0n) is 16.3. The minimum absolute atomic E-state index is 0.00690. The summed E-state index contributed by atoms with van der Waals surface area (Å²) in [6.45, 7) is 2.04. The summed E-state index contributed by atoms with van der Waals surface area (Å²) in [5, 5.41) is 2.77. The van der Waals surface area contributed by atoms with Gasteiger partial charge in [-0.05, 0) is 54.6 Å². The van der Waals surface area contributed by atoms with Gasteiger partial charge in [-0.2, -0.15) is 0 Å². The van der Waals surface area contributed by atoms with Crippen LogP contribution in [0.3, 0.4) is 0 Å². The van der Waals surface area contributed by atoms with Crippen molar-refractivity contribution < 1.29 is 18.0 Å². The molecule has 0 bridgehead atoms. The summed E-state index contributed by atoms with van der Waals surface area (Å²) < 4.78 is 27.6. The molecule has 3 rings (SSSR count). The van der Waals surface area contributed by atoms with Gasteiger partial charge < -0.3 is 10.2 Å². The van der Waals surface area contributed by atoms with Gasteiger partial charge >= 0.3 is 0 Å². The van der Waals surface area contributed by atoms with Crippen LogP contribution >= 0.6 is 11.8 Å². The predicted molar refractivity (Wildman–Crippen MR) is 115 cm³/mol.